The van der Waals surface area contributed by atoms with Gasteiger partial charge in [0.2, 0.25) is 23.8 Å². The molecule has 8 aromatic heterocycles. The number of fused-ring (bicyclic) bond motifs is 4. The third kappa shape index (κ3) is 16.6. The number of pyridine rings is 4. The molecule has 0 radical (unpaired) electrons. The number of anilines is 4. The molecule has 20 heteroatoms. The first-order valence-corrected chi connectivity index (χ1v) is 27.5. The molecule has 12 rings (SSSR count). The van der Waals surface area contributed by atoms with Crippen LogP contribution in [0.15, 0.2) is 171 Å². The van der Waals surface area contributed by atoms with Gasteiger partial charge in [0.25, 0.3) is 0 Å². The van der Waals surface area contributed by atoms with Crippen molar-refractivity contribution in [1.29, 1.82) is 0 Å². The highest BCUT2D eigenvalue weighted by Crippen LogP contribution is 2.19. The number of hydrogen-bond acceptors (Lipinski definition) is 16. The molecule has 20 nitrogen and oxygen atoms in total. The predicted octanol–water partition coefficient (Wildman–Crippen LogP) is 13.1. The number of rotatable bonds is 12. The van der Waals surface area contributed by atoms with E-state index in [2.05, 4.69) is 81.5 Å². The SMILES string of the molecule is CC.CC.CC.CC.CCNc1ncn(-c2ccc3ccccc3n2)n1.CCNc1ncn(-c2ccc3ccccc3n2)n1.CCNc1ncnn1-c1ccc2ccccc2n1.CCNc1ncnn1-c1ccc2ccccc2n1. The van der Waals surface area contributed by atoms with E-state index < -0.39 is 0 Å². The summed E-state index contributed by atoms with van der Waals surface area (Å²) in [5, 5.41) is 33.9. The van der Waals surface area contributed by atoms with Crippen molar-refractivity contribution >= 4 is 67.4 Å². The van der Waals surface area contributed by atoms with Crippen molar-refractivity contribution in [2.45, 2.75) is 83.1 Å². The van der Waals surface area contributed by atoms with Crippen molar-refractivity contribution in [3.05, 3.63) is 171 Å². The van der Waals surface area contributed by atoms with Crippen LogP contribution >= 0.6 is 0 Å². The largest absolute Gasteiger partial charge is 0.354 e. The molecule has 8 heterocycles. The van der Waals surface area contributed by atoms with Gasteiger partial charge in [-0.15, -0.1) is 10.2 Å². The smallest absolute Gasteiger partial charge is 0.242 e. The molecule has 0 saturated carbocycles. The fraction of sp³-hybridized carbons (Fsp3) is 0.267. The van der Waals surface area contributed by atoms with E-state index in [-0.39, 0.29) is 0 Å². The van der Waals surface area contributed by atoms with Gasteiger partial charge in [-0.1, -0.05) is 128 Å². The number of hydrogen-bond donors (Lipinski definition) is 4. The fourth-order valence-corrected chi connectivity index (χ4v) is 7.31. The Kier molecular flexibility index (Phi) is 25.6. The first-order valence-electron chi connectivity index (χ1n) is 27.5. The van der Waals surface area contributed by atoms with Crippen LogP contribution < -0.4 is 21.3 Å². The van der Waals surface area contributed by atoms with Crippen molar-refractivity contribution in [1.82, 2.24) is 79.0 Å². The molecule has 0 saturated heterocycles. The van der Waals surface area contributed by atoms with Gasteiger partial charge in [0.05, 0.1) is 22.1 Å². The van der Waals surface area contributed by atoms with Gasteiger partial charge in [0, 0.05) is 47.7 Å². The van der Waals surface area contributed by atoms with Gasteiger partial charge in [0.1, 0.15) is 25.3 Å². The van der Waals surface area contributed by atoms with Crippen LogP contribution in [0.1, 0.15) is 83.1 Å². The highest BCUT2D eigenvalue weighted by atomic mass is 15.4. The van der Waals surface area contributed by atoms with E-state index >= 15 is 0 Å². The molecule has 416 valence electrons. The van der Waals surface area contributed by atoms with Crippen molar-refractivity contribution in [2.24, 2.45) is 0 Å². The normalized spacial score (nSPS) is 9.95. The Hall–Kier alpha value is -9.72. The molecule has 0 spiro atoms. The molecule has 0 unspecified atom stereocenters. The summed E-state index contributed by atoms with van der Waals surface area (Å²) in [6.45, 7) is 27.3. The summed E-state index contributed by atoms with van der Waals surface area (Å²) >= 11 is 0. The average molecular weight is 1080 g/mol. The van der Waals surface area contributed by atoms with Crippen LogP contribution in [0.25, 0.3) is 66.9 Å². The summed E-state index contributed by atoms with van der Waals surface area (Å²) in [5.41, 5.74) is 3.81. The van der Waals surface area contributed by atoms with Crippen LogP contribution in [-0.4, -0.2) is 105 Å². The minimum absolute atomic E-state index is 0.618. The lowest BCUT2D eigenvalue weighted by Gasteiger charge is -2.06. The van der Waals surface area contributed by atoms with E-state index in [0.717, 1.165) is 93.1 Å². The third-order valence-electron chi connectivity index (χ3n) is 10.7. The number of aromatic nitrogens is 16. The standard InChI is InChI=1S/4C13H13N5.4C2H6/c2*1-2-14-13-15-9-18(17-13)12-8-7-10-5-3-4-6-11(10)16-12;2*1-2-14-13-15-9-16-18(13)12-8-7-10-5-3-4-6-11(10)17-12;4*1-2/h2*3-9H,2H2,1H3,(H,14,17);2*3-9H,2H2,1H3,(H,14,15,16);4*1-2H3. The van der Waals surface area contributed by atoms with E-state index in [1.165, 1.54) is 12.7 Å². The zero-order valence-corrected chi connectivity index (χ0v) is 48.1. The predicted molar refractivity (Wildman–Crippen MR) is 329 cm³/mol. The van der Waals surface area contributed by atoms with Crippen LogP contribution in [0.3, 0.4) is 0 Å². The van der Waals surface area contributed by atoms with E-state index in [1.807, 2.05) is 229 Å². The Morgan fingerprint density at radius 1 is 0.325 bits per heavy atom. The second-order valence-corrected chi connectivity index (χ2v) is 15.6. The fourth-order valence-electron chi connectivity index (χ4n) is 7.31. The molecule has 4 aromatic carbocycles. The lowest BCUT2D eigenvalue weighted by atomic mass is 10.2. The van der Waals surface area contributed by atoms with Gasteiger partial charge in [-0.3, -0.25) is 0 Å². The summed E-state index contributed by atoms with van der Waals surface area (Å²) in [6, 6.07) is 47.9. The van der Waals surface area contributed by atoms with Crippen LogP contribution in [0.2, 0.25) is 0 Å². The van der Waals surface area contributed by atoms with Gasteiger partial charge < -0.3 is 21.3 Å². The molecule has 0 atom stereocenters. The summed E-state index contributed by atoms with van der Waals surface area (Å²) in [7, 11) is 0. The second-order valence-electron chi connectivity index (χ2n) is 15.6. The molecular formula is C60H76N20. The molecule has 0 fully saturated rings. The number of benzene rings is 4. The Morgan fingerprint density at radius 2 is 0.613 bits per heavy atom. The molecule has 80 heavy (non-hydrogen) atoms. The molecule has 0 aliphatic heterocycles. The van der Waals surface area contributed by atoms with Crippen molar-refractivity contribution < 1.29 is 0 Å². The molecule has 12 aromatic rings. The minimum Gasteiger partial charge on any atom is -0.354 e. The first kappa shape index (κ1) is 61.1. The first-order chi connectivity index (χ1) is 39.5. The maximum atomic E-state index is 4.58. The van der Waals surface area contributed by atoms with E-state index in [9.17, 15) is 0 Å². The summed E-state index contributed by atoms with van der Waals surface area (Å²) in [4.78, 5) is 34.9. The molecule has 0 bridgehead atoms. The van der Waals surface area contributed by atoms with E-state index in [1.54, 1.807) is 31.4 Å². The zero-order valence-electron chi connectivity index (χ0n) is 48.1. The molecule has 4 N–H and O–H groups in total. The highest BCUT2D eigenvalue weighted by molar-refractivity contribution is 5.81. The second kappa shape index (κ2) is 33.4. The summed E-state index contributed by atoms with van der Waals surface area (Å²) in [6.07, 6.45) is 6.37. The van der Waals surface area contributed by atoms with Crippen LogP contribution in [0.4, 0.5) is 23.8 Å². The Balaban J connectivity index is 0.000000188. The lowest BCUT2D eigenvalue weighted by Crippen LogP contribution is -2.07. The Morgan fingerprint density at radius 3 is 0.925 bits per heavy atom. The maximum absolute atomic E-state index is 4.58. The van der Waals surface area contributed by atoms with Crippen molar-refractivity contribution in [3.63, 3.8) is 0 Å². The molecule has 0 amide bonds. The lowest BCUT2D eigenvalue weighted by molar-refractivity contribution is 0.850. The maximum Gasteiger partial charge on any atom is 0.242 e. The highest BCUT2D eigenvalue weighted by Gasteiger charge is 2.10. The number of nitrogens with one attached hydrogen (secondary N) is 4. The van der Waals surface area contributed by atoms with Crippen LogP contribution in [0.5, 0.6) is 0 Å². The van der Waals surface area contributed by atoms with Crippen molar-refractivity contribution in [2.75, 3.05) is 47.4 Å². The van der Waals surface area contributed by atoms with Crippen LogP contribution in [0, 0.1) is 0 Å². The van der Waals surface area contributed by atoms with E-state index in [0.29, 0.717) is 23.8 Å². The van der Waals surface area contributed by atoms with E-state index in [4.69, 9.17) is 0 Å². The van der Waals surface area contributed by atoms with Gasteiger partial charge in [0.15, 0.2) is 23.3 Å². The monoisotopic (exact) mass is 1080 g/mol. The number of nitrogens with zero attached hydrogens (tertiary/aromatic N) is 16. The Bertz CT molecular complexity index is 3420. The topological polar surface area (TPSA) is 223 Å². The van der Waals surface area contributed by atoms with Gasteiger partial charge in [-0.05, 0) is 100 Å². The van der Waals surface area contributed by atoms with Gasteiger partial charge in [-0.25, -0.2) is 39.3 Å². The summed E-state index contributed by atoms with van der Waals surface area (Å²) < 4.78 is 6.75. The summed E-state index contributed by atoms with van der Waals surface area (Å²) in [5.74, 6) is 5.72. The van der Waals surface area contributed by atoms with Crippen molar-refractivity contribution in [3.8, 4) is 23.3 Å². The third-order valence-corrected chi connectivity index (χ3v) is 10.7. The molecular weight excluding hydrogens is 1000 g/mol. The molecule has 0 aliphatic rings. The van der Waals surface area contributed by atoms with Gasteiger partial charge in [-0.2, -0.15) is 29.5 Å². The molecule has 0 aliphatic carbocycles. The van der Waals surface area contributed by atoms with Gasteiger partial charge >= 0.3 is 0 Å². The average Bonchev–Trinajstić information content (AvgIpc) is 4.40. The van der Waals surface area contributed by atoms with Crippen LogP contribution in [-0.2, 0) is 0 Å². The minimum atomic E-state index is 0.618. The zero-order chi connectivity index (χ0) is 57.5. The number of para-hydroxylation sites is 4. The quantitative estimate of drug-likeness (QED) is 0.0893. The Labute approximate surface area is 469 Å².